The van der Waals surface area contributed by atoms with Crippen LogP contribution < -0.4 is 16.4 Å². The van der Waals surface area contributed by atoms with Crippen LogP contribution >= 0.6 is 0 Å². The molecule has 0 heterocycles. The molecular formula is C21H19N3O2. The van der Waals surface area contributed by atoms with Crippen LogP contribution in [0.3, 0.4) is 0 Å². The van der Waals surface area contributed by atoms with Crippen molar-refractivity contribution in [3.05, 3.63) is 95.6 Å². The number of nitrogen functional groups attached to an aromatic ring is 1. The maximum Gasteiger partial charge on any atom is 0.257 e. The Kier molecular flexibility index (Phi) is 5.29. The van der Waals surface area contributed by atoms with Crippen molar-refractivity contribution in [3.63, 3.8) is 0 Å². The van der Waals surface area contributed by atoms with Gasteiger partial charge in [-0.25, -0.2) is 0 Å². The first-order valence-electron chi connectivity index (χ1n) is 8.21. The Morgan fingerprint density at radius 1 is 0.808 bits per heavy atom. The number of carbonyl (C=O) groups excluding carboxylic acids is 2. The average Bonchev–Trinajstić information content (AvgIpc) is 2.67. The van der Waals surface area contributed by atoms with Gasteiger partial charge in [0, 0.05) is 23.5 Å². The van der Waals surface area contributed by atoms with Crippen molar-refractivity contribution in [2.75, 3.05) is 11.1 Å². The summed E-state index contributed by atoms with van der Waals surface area (Å²) in [5, 5.41) is 5.63. The number of amides is 2. The third-order valence-corrected chi connectivity index (χ3v) is 3.88. The Balaban J connectivity index is 1.67. The van der Waals surface area contributed by atoms with Crippen LogP contribution in [0.1, 0.15) is 26.3 Å². The van der Waals surface area contributed by atoms with Crippen molar-refractivity contribution in [1.29, 1.82) is 0 Å². The minimum absolute atomic E-state index is 0.204. The standard InChI is InChI=1S/C21H19N3O2/c22-19-12-5-4-11-18(19)21(26)24-17-10-6-9-16(13-17)20(25)23-14-15-7-2-1-3-8-15/h1-13H,14,22H2,(H,23,25)(H,24,26). The second-order valence-corrected chi connectivity index (χ2v) is 5.79. The molecule has 3 rings (SSSR count). The molecule has 3 aromatic rings. The van der Waals surface area contributed by atoms with Crippen LogP contribution in [0.2, 0.25) is 0 Å². The van der Waals surface area contributed by atoms with E-state index >= 15 is 0 Å². The first-order chi connectivity index (χ1) is 12.6. The van der Waals surface area contributed by atoms with Gasteiger partial charge >= 0.3 is 0 Å². The highest BCUT2D eigenvalue weighted by Crippen LogP contribution is 2.16. The predicted octanol–water partition coefficient (Wildman–Crippen LogP) is 3.45. The summed E-state index contributed by atoms with van der Waals surface area (Å²) in [5.41, 5.74) is 8.65. The van der Waals surface area contributed by atoms with E-state index < -0.39 is 0 Å². The molecular weight excluding hydrogens is 326 g/mol. The zero-order valence-electron chi connectivity index (χ0n) is 14.1. The van der Waals surface area contributed by atoms with Gasteiger partial charge in [-0.1, -0.05) is 48.5 Å². The quantitative estimate of drug-likeness (QED) is 0.619. The smallest absolute Gasteiger partial charge is 0.257 e. The van der Waals surface area contributed by atoms with Gasteiger partial charge < -0.3 is 16.4 Å². The third-order valence-electron chi connectivity index (χ3n) is 3.88. The molecule has 0 aliphatic heterocycles. The van der Waals surface area contributed by atoms with E-state index in [0.717, 1.165) is 5.56 Å². The van der Waals surface area contributed by atoms with Crippen LogP contribution in [-0.2, 0) is 6.54 Å². The summed E-state index contributed by atoms with van der Waals surface area (Å²) in [6, 6.07) is 23.3. The molecule has 0 bridgehead atoms. The van der Waals surface area contributed by atoms with E-state index in [-0.39, 0.29) is 11.8 Å². The Morgan fingerprint density at radius 2 is 1.54 bits per heavy atom. The lowest BCUT2D eigenvalue weighted by Crippen LogP contribution is -2.23. The molecule has 0 unspecified atom stereocenters. The molecule has 0 fully saturated rings. The molecule has 130 valence electrons. The van der Waals surface area contributed by atoms with Crippen LogP contribution in [0.15, 0.2) is 78.9 Å². The van der Waals surface area contributed by atoms with Crippen molar-refractivity contribution in [3.8, 4) is 0 Å². The van der Waals surface area contributed by atoms with Gasteiger partial charge in [0.1, 0.15) is 0 Å². The Bertz CT molecular complexity index is 923. The van der Waals surface area contributed by atoms with E-state index in [9.17, 15) is 9.59 Å². The number of nitrogens with one attached hydrogen (secondary N) is 2. The fourth-order valence-electron chi connectivity index (χ4n) is 2.52. The molecule has 0 saturated carbocycles. The number of benzene rings is 3. The maximum absolute atomic E-state index is 12.3. The first-order valence-corrected chi connectivity index (χ1v) is 8.21. The summed E-state index contributed by atoms with van der Waals surface area (Å²) in [4.78, 5) is 24.7. The Hall–Kier alpha value is -3.60. The minimum Gasteiger partial charge on any atom is -0.398 e. The zero-order valence-corrected chi connectivity index (χ0v) is 14.1. The van der Waals surface area contributed by atoms with Crippen LogP contribution in [0.5, 0.6) is 0 Å². The molecule has 2 amide bonds. The summed E-state index contributed by atoms with van der Waals surface area (Å²) in [6.07, 6.45) is 0. The number of hydrogen-bond acceptors (Lipinski definition) is 3. The lowest BCUT2D eigenvalue weighted by Gasteiger charge is -2.09. The monoisotopic (exact) mass is 345 g/mol. The van der Waals surface area contributed by atoms with E-state index in [0.29, 0.717) is 29.0 Å². The van der Waals surface area contributed by atoms with Crippen molar-refractivity contribution in [2.45, 2.75) is 6.54 Å². The lowest BCUT2D eigenvalue weighted by atomic mass is 10.1. The molecule has 0 spiro atoms. The predicted molar refractivity (Wildman–Crippen MR) is 103 cm³/mol. The number of anilines is 2. The minimum atomic E-state index is -0.315. The van der Waals surface area contributed by atoms with Gasteiger partial charge in [-0.2, -0.15) is 0 Å². The molecule has 0 atom stereocenters. The van der Waals surface area contributed by atoms with Gasteiger partial charge in [-0.05, 0) is 35.9 Å². The molecule has 0 radical (unpaired) electrons. The van der Waals surface area contributed by atoms with E-state index in [2.05, 4.69) is 10.6 Å². The van der Waals surface area contributed by atoms with Crippen LogP contribution in [-0.4, -0.2) is 11.8 Å². The molecule has 0 saturated heterocycles. The number of nitrogens with two attached hydrogens (primary N) is 1. The van der Waals surface area contributed by atoms with Crippen LogP contribution in [0.4, 0.5) is 11.4 Å². The van der Waals surface area contributed by atoms with Crippen molar-refractivity contribution in [1.82, 2.24) is 5.32 Å². The molecule has 3 aromatic carbocycles. The van der Waals surface area contributed by atoms with Crippen molar-refractivity contribution < 1.29 is 9.59 Å². The second-order valence-electron chi connectivity index (χ2n) is 5.79. The normalized spacial score (nSPS) is 10.2. The van der Waals surface area contributed by atoms with E-state index in [4.69, 9.17) is 5.73 Å². The topological polar surface area (TPSA) is 84.2 Å². The molecule has 0 aromatic heterocycles. The summed E-state index contributed by atoms with van der Waals surface area (Å²) < 4.78 is 0. The van der Waals surface area contributed by atoms with E-state index in [1.165, 1.54) is 0 Å². The zero-order chi connectivity index (χ0) is 18.4. The van der Waals surface area contributed by atoms with Crippen LogP contribution in [0.25, 0.3) is 0 Å². The summed E-state index contributed by atoms with van der Waals surface area (Å²) in [5.74, 6) is -0.519. The van der Waals surface area contributed by atoms with E-state index in [1.54, 1.807) is 48.5 Å². The van der Waals surface area contributed by atoms with Crippen molar-refractivity contribution in [2.24, 2.45) is 0 Å². The fraction of sp³-hybridized carbons (Fsp3) is 0.0476. The maximum atomic E-state index is 12.3. The Morgan fingerprint density at radius 3 is 2.31 bits per heavy atom. The van der Waals surface area contributed by atoms with Gasteiger partial charge in [0.2, 0.25) is 0 Å². The highest BCUT2D eigenvalue weighted by Gasteiger charge is 2.11. The summed E-state index contributed by atoms with van der Waals surface area (Å²) in [7, 11) is 0. The van der Waals surface area contributed by atoms with Gasteiger partial charge in [0.15, 0.2) is 0 Å². The third kappa shape index (κ3) is 4.27. The molecule has 4 N–H and O–H groups in total. The van der Waals surface area contributed by atoms with E-state index in [1.807, 2.05) is 30.3 Å². The van der Waals surface area contributed by atoms with Gasteiger partial charge in [-0.15, -0.1) is 0 Å². The highest BCUT2D eigenvalue weighted by atomic mass is 16.2. The number of rotatable bonds is 5. The molecule has 26 heavy (non-hydrogen) atoms. The largest absolute Gasteiger partial charge is 0.398 e. The summed E-state index contributed by atoms with van der Waals surface area (Å²) in [6.45, 7) is 0.441. The highest BCUT2D eigenvalue weighted by molar-refractivity contribution is 6.08. The fourth-order valence-corrected chi connectivity index (χ4v) is 2.52. The Labute approximate surface area is 151 Å². The second kappa shape index (κ2) is 7.98. The van der Waals surface area contributed by atoms with Crippen LogP contribution in [0, 0.1) is 0 Å². The van der Waals surface area contributed by atoms with Gasteiger partial charge in [-0.3, -0.25) is 9.59 Å². The SMILES string of the molecule is Nc1ccccc1C(=O)Nc1cccc(C(=O)NCc2ccccc2)c1. The van der Waals surface area contributed by atoms with Gasteiger partial charge in [0.25, 0.3) is 11.8 Å². The number of hydrogen-bond donors (Lipinski definition) is 3. The average molecular weight is 345 g/mol. The molecule has 0 aliphatic rings. The lowest BCUT2D eigenvalue weighted by molar-refractivity contribution is 0.0949. The number of para-hydroxylation sites is 1. The van der Waals surface area contributed by atoms with Crippen molar-refractivity contribution >= 4 is 23.2 Å². The van der Waals surface area contributed by atoms with Gasteiger partial charge in [0.05, 0.1) is 5.56 Å². The first kappa shape index (κ1) is 17.2. The number of carbonyl (C=O) groups is 2. The molecule has 0 aliphatic carbocycles. The summed E-state index contributed by atoms with van der Waals surface area (Å²) >= 11 is 0. The molecule has 5 nitrogen and oxygen atoms in total. The molecule has 5 heteroatoms.